The van der Waals surface area contributed by atoms with Gasteiger partial charge < -0.3 is 14.3 Å². The average molecular weight is 457 g/mol. The van der Waals surface area contributed by atoms with Gasteiger partial charge in [0.1, 0.15) is 18.2 Å². The fourth-order valence-electron chi connectivity index (χ4n) is 3.66. The standard InChI is InChI=1S/C23H18F3N3O4/c1-14-9-16(5-7-20(14)33-21(25)26)23(12-31-22(28-23)29-32-13-30)17-4-6-19(24)18(10-17)15-3-2-8-27-11-15/h2-11,13,21H,12H2,1H3,(H,28,29). The van der Waals surface area contributed by atoms with Crippen LogP contribution in [-0.2, 0) is 19.9 Å². The molecule has 1 atom stereocenters. The van der Waals surface area contributed by atoms with Crippen LogP contribution in [-0.4, -0.2) is 30.7 Å². The largest absolute Gasteiger partial charge is 0.460 e. The van der Waals surface area contributed by atoms with Gasteiger partial charge in [-0.3, -0.25) is 9.78 Å². The van der Waals surface area contributed by atoms with Crippen LogP contribution in [0.1, 0.15) is 16.7 Å². The molecule has 0 aliphatic carbocycles. The molecule has 0 saturated carbocycles. The topological polar surface area (TPSA) is 82.0 Å². The van der Waals surface area contributed by atoms with Crippen molar-refractivity contribution < 1.29 is 32.3 Å². The van der Waals surface area contributed by atoms with E-state index in [9.17, 15) is 18.0 Å². The monoisotopic (exact) mass is 457 g/mol. The highest BCUT2D eigenvalue weighted by molar-refractivity contribution is 5.77. The number of aryl methyl sites for hydroxylation is 1. The Morgan fingerprint density at radius 3 is 2.67 bits per heavy atom. The summed E-state index contributed by atoms with van der Waals surface area (Å²) in [6.07, 6.45) is 3.12. The van der Waals surface area contributed by atoms with Crippen molar-refractivity contribution >= 4 is 12.5 Å². The van der Waals surface area contributed by atoms with Gasteiger partial charge in [-0.25, -0.2) is 9.38 Å². The minimum atomic E-state index is -2.97. The van der Waals surface area contributed by atoms with E-state index in [0.29, 0.717) is 27.8 Å². The van der Waals surface area contributed by atoms with E-state index in [-0.39, 0.29) is 24.9 Å². The van der Waals surface area contributed by atoms with Gasteiger partial charge in [0.25, 0.3) is 0 Å². The van der Waals surface area contributed by atoms with Gasteiger partial charge in [-0.05, 0) is 53.9 Å². The van der Waals surface area contributed by atoms with Crippen LogP contribution in [0.15, 0.2) is 65.9 Å². The van der Waals surface area contributed by atoms with Gasteiger partial charge in [-0.2, -0.15) is 14.3 Å². The van der Waals surface area contributed by atoms with Crippen LogP contribution in [0, 0.1) is 12.7 Å². The predicted octanol–water partition coefficient (Wildman–Crippen LogP) is 4.10. The molecule has 2 aromatic carbocycles. The van der Waals surface area contributed by atoms with E-state index in [0.717, 1.165) is 0 Å². The van der Waals surface area contributed by atoms with Crippen LogP contribution in [0.3, 0.4) is 0 Å². The zero-order valence-corrected chi connectivity index (χ0v) is 17.3. The van der Waals surface area contributed by atoms with Crippen LogP contribution >= 0.6 is 0 Å². The van der Waals surface area contributed by atoms with E-state index in [4.69, 9.17) is 4.74 Å². The van der Waals surface area contributed by atoms with Gasteiger partial charge in [0.2, 0.25) is 0 Å². The molecular weight excluding hydrogens is 439 g/mol. The number of amidine groups is 1. The quantitative estimate of drug-likeness (QED) is 0.425. The Kier molecular flexibility index (Phi) is 6.16. The molecule has 3 aromatic rings. The summed E-state index contributed by atoms with van der Waals surface area (Å²) >= 11 is 0. The lowest BCUT2D eigenvalue weighted by Crippen LogP contribution is -2.27. The average Bonchev–Trinajstić information content (AvgIpc) is 3.25. The summed E-state index contributed by atoms with van der Waals surface area (Å²) in [6, 6.07) is 12.5. The van der Waals surface area contributed by atoms with Crippen molar-refractivity contribution in [2.24, 2.45) is 4.99 Å². The molecule has 0 spiro atoms. The molecule has 1 aromatic heterocycles. The minimum absolute atomic E-state index is 0.0181. The van der Waals surface area contributed by atoms with Crippen LogP contribution in [0.2, 0.25) is 0 Å². The zero-order chi connectivity index (χ0) is 23.4. The molecule has 2 heterocycles. The number of alkyl halides is 2. The molecular formula is C23H18F3N3O4. The smallest absolute Gasteiger partial charge is 0.387 e. The molecule has 0 amide bonds. The van der Waals surface area contributed by atoms with Crippen LogP contribution in [0.5, 0.6) is 5.75 Å². The number of carbonyl (C=O) groups excluding carboxylic acids is 1. The summed E-state index contributed by atoms with van der Waals surface area (Å²) < 4.78 is 50.2. The van der Waals surface area contributed by atoms with Crippen molar-refractivity contribution in [1.82, 2.24) is 10.5 Å². The van der Waals surface area contributed by atoms with E-state index in [1.165, 1.54) is 18.3 Å². The number of hydroxylamine groups is 1. The van der Waals surface area contributed by atoms with Crippen molar-refractivity contribution in [2.45, 2.75) is 19.1 Å². The molecule has 1 aliphatic heterocycles. The lowest BCUT2D eigenvalue weighted by Gasteiger charge is -2.26. The molecule has 170 valence electrons. The maximum absolute atomic E-state index is 14.7. The number of carbonyl (C=O) groups is 1. The molecule has 1 N–H and O–H groups in total. The van der Waals surface area contributed by atoms with Gasteiger partial charge in [-0.15, -0.1) is 0 Å². The number of halogens is 3. The van der Waals surface area contributed by atoms with Crippen molar-refractivity contribution in [1.29, 1.82) is 0 Å². The summed E-state index contributed by atoms with van der Waals surface area (Å²) in [5.41, 5.74) is 3.55. The van der Waals surface area contributed by atoms with Gasteiger partial charge in [0, 0.05) is 23.5 Å². The van der Waals surface area contributed by atoms with E-state index < -0.39 is 18.0 Å². The number of rotatable bonds is 7. The van der Waals surface area contributed by atoms with E-state index >= 15 is 0 Å². The lowest BCUT2D eigenvalue weighted by atomic mass is 9.82. The highest BCUT2D eigenvalue weighted by Crippen LogP contribution is 2.41. The number of aromatic nitrogens is 1. The van der Waals surface area contributed by atoms with Gasteiger partial charge >= 0.3 is 19.1 Å². The molecule has 0 bridgehead atoms. The van der Waals surface area contributed by atoms with Crippen molar-refractivity contribution in [2.75, 3.05) is 6.61 Å². The summed E-state index contributed by atoms with van der Waals surface area (Å²) in [4.78, 5) is 23.7. The Balaban J connectivity index is 1.85. The molecule has 1 aliphatic rings. The number of pyridine rings is 1. The summed E-state index contributed by atoms with van der Waals surface area (Å²) in [5, 5.41) is 0. The Hall–Kier alpha value is -4.08. The maximum atomic E-state index is 14.7. The third-order valence-corrected chi connectivity index (χ3v) is 5.19. The molecule has 0 saturated heterocycles. The Bertz CT molecular complexity index is 1190. The predicted molar refractivity (Wildman–Crippen MR) is 112 cm³/mol. The van der Waals surface area contributed by atoms with E-state index in [1.807, 2.05) is 0 Å². The first-order valence-corrected chi connectivity index (χ1v) is 9.77. The Morgan fingerprint density at radius 2 is 1.97 bits per heavy atom. The molecule has 0 fully saturated rings. The van der Waals surface area contributed by atoms with Crippen LogP contribution < -0.4 is 10.2 Å². The number of nitrogens with zero attached hydrogens (tertiary/aromatic N) is 2. The number of hydrogen-bond acceptors (Lipinski definition) is 7. The van der Waals surface area contributed by atoms with E-state index in [2.05, 4.69) is 25.0 Å². The van der Waals surface area contributed by atoms with Crippen molar-refractivity contribution in [3.63, 3.8) is 0 Å². The van der Waals surface area contributed by atoms with Crippen LogP contribution in [0.4, 0.5) is 13.2 Å². The molecule has 33 heavy (non-hydrogen) atoms. The Labute approximate surface area is 186 Å². The summed E-state index contributed by atoms with van der Waals surface area (Å²) in [7, 11) is 0. The summed E-state index contributed by atoms with van der Waals surface area (Å²) in [5.74, 6) is -0.436. The number of ether oxygens (including phenoxy) is 2. The molecule has 10 heteroatoms. The minimum Gasteiger partial charge on any atom is -0.460 e. The lowest BCUT2D eigenvalue weighted by molar-refractivity contribution is -0.132. The highest BCUT2D eigenvalue weighted by Gasteiger charge is 2.41. The summed E-state index contributed by atoms with van der Waals surface area (Å²) in [6.45, 7) is -1.20. The Morgan fingerprint density at radius 1 is 1.18 bits per heavy atom. The molecule has 4 rings (SSSR count). The first-order valence-electron chi connectivity index (χ1n) is 9.77. The first-order chi connectivity index (χ1) is 15.9. The van der Waals surface area contributed by atoms with Crippen molar-refractivity contribution in [3.8, 4) is 16.9 Å². The highest BCUT2D eigenvalue weighted by atomic mass is 19.3. The zero-order valence-electron chi connectivity index (χ0n) is 17.3. The number of benzene rings is 2. The van der Waals surface area contributed by atoms with Crippen LogP contribution in [0.25, 0.3) is 11.1 Å². The number of hydrogen-bond donors (Lipinski definition) is 1. The van der Waals surface area contributed by atoms with Gasteiger partial charge in [-0.1, -0.05) is 18.2 Å². The number of nitrogens with one attached hydrogen (secondary N) is 1. The van der Waals surface area contributed by atoms with Gasteiger partial charge in [0.15, 0.2) is 5.54 Å². The third kappa shape index (κ3) is 4.45. The third-order valence-electron chi connectivity index (χ3n) is 5.19. The molecule has 7 nitrogen and oxygen atoms in total. The first kappa shape index (κ1) is 22.1. The maximum Gasteiger partial charge on any atom is 0.387 e. The van der Waals surface area contributed by atoms with Gasteiger partial charge in [0.05, 0.1) is 0 Å². The fourth-order valence-corrected chi connectivity index (χ4v) is 3.66. The van der Waals surface area contributed by atoms with E-state index in [1.54, 1.807) is 49.5 Å². The SMILES string of the molecule is Cc1cc(C2(c3ccc(F)c(-c4cccnc4)c3)COC(NOC=O)=N2)ccc1OC(F)F. The molecule has 0 radical (unpaired) electrons. The second kappa shape index (κ2) is 9.19. The van der Waals surface area contributed by atoms with Crippen molar-refractivity contribution in [3.05, 3.63) is 83.4 Å². The normalized spacial score (nSPS) is 17.3. The number of aliphatic imine (C=N–C) groups is 1. The molecule has 1 unspecified atom stereocenters. The second-order valence-corrected chi connectivity index (χ2v) is 7.18. The fraction of sp³-hybridized carbons (Fsp3) is 0.174. The second-order valence-electron chi connectivity index (χ2n) is 7.18.